The molecule has 0 aromatic heterocycles. The summed E-state index contributed by atoms with van der Waals surface area (Å²) in [5.74, 6) is -2.29. The molecule has 3 amide bonds. The normalized spacial score (nSPS) is 11.6. The lowest BCUT2D eigenvalue weighted by Crippen LogP contribution is -2.26. The molecule has 0 aliphatic rings. The summed E-state index contributed by atoms with van der Waals surface area (Å²) in [5, 5.41) is 5.06. The molecule has 2 aromatic carbocycles. The summed E-state index contributed by atoms with van der Waals surface area (Å²) >= 11 is 0. The van der Waals surface area contributed by atoms with E-state index in [9.17, 15) is 18.4 Å². The molecular weight excluding hydrogens is 304 g/mol. The average molecular weight is 319 g/mol. The van der Waals surface area contributed by atoms with E-state index in [1.807, 2.05) is 0 Å². The van der Waals surface area contributed by atoms with Gasteiger partial charge in [0.2, 0.25) is 0 Å². The third-order valence-corrected chi connectivity index (χ3v) is 3.21. The Labute approximate surface area is 131 Å². The number of carbonyl (C=O) groups excluding carboxylic acids is 2. The molecule has 0 aliphatic heterocycles. The van der Waals surface area contributed by atoms with Gasteiger partial charge in [0.25, 0.3) is 5.91 Å². The van der Waals surface area contributed by atoms with E-state index in [2.05, 4.69) is 10.6 Å². The highest BCUT2D eigenvalue weighted by atomic mass is 19.2. The second kappa shape index (κ2) is 6.87. The lowest BCUT2D eigenvalue weighted by atomic mass is 10.1. The predicted molar refractivity (Wildman–Crippen MR) is 81.9 cm³/mol. The Balaban J connectivity index is 2.05. The van der Waals surface area contributed by atoms with Crippen molar-refractivity contribution >= 4 is 17.6 Å². The smallest absolute Gasteiger partial charge is 0.316 e. The van der Waals surface area contributed by atoms with Crippen LogP contribution < -0.4 is 16.4 Å². The Morgan fingerprint density at radius 2 is 1.70 bits per heavy atom. The third kappa shape index (κ3) is 4.26. The minimum Gasteiger partial charge on any atom is -0.351 e. The number of primary amides is 1. The fourth-order valence-electron chi connectivity index (χ4n) is 1.99. The van der Waals surface area contributed by atoms with Gasteiger partial charge in [-0.15, -0.1) is 0 Å². The molecule has 0 saturated heterocycles. The topological polar surface area (TPSA) is 84.2 Å². The fourth-order valence-corrected chi connectivity index (χ4v) is 1.99. The van der Waals surface area contributed by atoms with Crippen LogP contribution in [0.5, 0.6) is 0 Å². The van der Waals surface area contributed by atoms with Crippen LogP contribution in [0, 0.1) is 11.6 Å². The molecule has 5 nitrogen and oxygen atoms in total. The minimum atomic E-state index is -0.967. The first-order valence-corrected chi connectivity index (χ1v) is 6.79. The van der Waals surface area contributed by atoms with Crippen LogP contribution in [0.25, 0.3) is 0 Å². The van der Waals surface area contributed by atoms with E-state index in [0.29, 0.717) is 16.8 Å². The van der Waals surface area contributed by atoms with Crippen LogP contribution in [0.1, 0.15) is 28.9 Å². The van der Waals surface area contributed by atoms with E-state index in [0.717, 1.165) is 12.1 Å². The Kier molecular flexibility index (Phi) is 4.90. The van der Waals surface area contributed by atoms with Crippen molar-refractivity contribution in [1.82, 2.24) is 5.32 Å². The number of nitrogens with one attached hydrogen (secondary N) is 2. The quantitative estimate of drug-likeness (QED) is 0.809. The summed E-state index contributed by atoms with van der Waals surface area (Å²) in [7, 11) is 0. The number of carbonyl (C=O) groups is 2. The van der Waals surface area contributed by atoms with Gasteiger partial charge in [0.05, 0.1) is 6.04 Å². The van der Waals surface area contributed by atoms with Crippen molar-refractivity contribution in [3.05, 3.63) is 65.2 Å². The minimum absolute atomic E-state index is 0.356. The molecule has 0 bridgehead atoms. The summed E-state index contributed by atoms with van der Waals surface area (Å²) < 4.78 is 26.1. The van der Waals surface area contributed by atoms with Crippen LogP contribution in [-0.4, -0.2) is 11.9 Å². The molecule has 0 aliphatic carbocycles. The van der Waals surface area contributed by atoms with Crippen molar-refractivity contribution < 1.29 is 18.4 Å². The van der Waals surface area contributed by atoms with Gasteiger partial charge in [0.1, 0.15) is 0 Å². The second-order valence-electron chi connectivity index (χ2n) is 4.94. The van der Waals surface area contributed by atoms with Gasteiger partial charge in [-0.3, -0.25) is 4.79 Å². The first kappa shape index (κ1) is 16.4. The summed E-state index contributed by atoms with van der Waals surface area (Å²) in [6.45, 7) is 1.66. The van der Waals surface area contributed by atoms with Crippen molar-refractivity contribution in [3.8, 4) is 0 Å². The lowest BCUT2D eigenvalue weighted by molar-refractivity contribution is 0.0940. The summed E-state index contributed by atoms with van der Waals surface area (Å²) in [4.78, 5) is 22.8. The molecule has 1 atom stereocenters. The molecule has 120 valence electrons. The maximum atomic E-state index is 13.2. The Morgan fingerprint density at radius 3 is 2.26 bits per heavy atom. The Hall–Kier alpha value is -2.96. The van der Waals surface area contributed by atoms with Crippen molar-refractivity contribution in [2.24, 2.45) is 5.73 Å². The Morgan fingerprint density at radius 1 is 1.04 bits per heavy atom. The Bertz CT molecular complexity index is 733. The lowest BCUT2D eigenvalue weighted by Gasteiger charge is -2.15. The number of hydrogen-bond donors (Lipinski definition) is 3. The number of amides is 3. The van der Waals surface area contributed by atoms with Gasteiger partial charge in [-0.1, -0.05) is 6.07 Å². The van der Waals surface area contributed by atoms with Crippen molar-refractivity contribution in [3.63, 3.8) is 0 Å². The van der Waals surface area contributed by atoms with E-state index in [4.69, 9.17) is 5.73 Å². The van der Waals surface area contributed by atoms with E-state index >= 15 is 0 Å². The molecule has 7 heteroatoms. The van der Waals surface area contributed by atoms with Crippen LogP contribution in [-0.2, 0) is 0 Å². The molecule has 4 N–H and O–H groups in total. The van der Waals surface area contributed by atoms with Crippen LogP contribution in [0.4, 0.5) is 19.3 Å². The summed E-state index contributed by atoms with van der Waals surface area (Å²) in [5.41, 5.74) is 6.25. The average Bonchev–Trinajstić information content (AvgIpc) is 2.50. The van der Waals surface area contributed by atoms with E-state index in [-0.39, 0.29) is 5.91 Å². The van der Waals surface area contributed by atoms with Crippen molar-refractivity contribution in [2.45, 2.75) is 13.0 Å². The molecule has 0 spiro atoms. The van der Waals surface area contributed by atoms with Crippen LogP contribution in [0.2, 0.25) is 0 Å². The maximum absolute atomic E-state index is 13.2. The van der Waals surface area contributed by atoms with Gasteiger partial charge in [-0.25, -0.2) is 13.6 Å². The highest BCUT2D eigenvalue weighted by molar-refractivity contribution is 5.95. The first-order valence-electron chi connectivity index (χ1n) is 6.79. The second-order valence-corrected chi connectivity index (χ2v) is 4.94. The SMILES string of the molecule is C[C@H](NC(=O)c1ccc(NC(N)=O)cc1)c1ccc(F)c(F)c1. The van der Waals surface area contributed by atoms with Crippen molar-refractivity contribution in [1.29, 1.82) is 0 Å². The summed E-state index contributed by atoms with van der Waals surface area (Å²) in [6.07, 6.45) is 0. The van der Waals surface area contributed by atoms with Gasteiger partial charge < -0.3 is 16.4 Å². The molecule has 0 radical (unpaired) electrons. The molecule has 23 heavy (non-hydrogen) atoms. The number of urea groups is 1. The predicted octanol–water partition coefficient (Wildman–Crippen LogP) is 2.95. The third-order valence-electron chi connectivity index (χ3n) is 3.21. The van der Waals surface area contributed by atoms with Gasteiger partial charge in [-0.2, -0.15) is 0 Å². The molecule has 0 heterocycles. The van der Waals surface area contributed by atoms with Gasteiger partial charge in [0.15, 0.2) is 11.6 Å². The van der Waals surface area contributed by atoms with Gasteiger partial charge in [-0.05, 0) is 48.9 Å². The van der Waals surface area contributed by atoms with E-state index < -0.39 is 23.7 Å². The highest BCUT2D eigenvalue weighted by Crippen LogP contribution is 2.17. The van der Waals surface area contributed by atoms with Gasteiger partial charge >= 0.3 is 6.03 Å². The standard InChI is InChI=1S/C16H15F2N3O2/c1-9(11-4-7-13(17)14(18)8-11)20-15(22)10-2-5-12(6-3-10)21-16(19)23/h2-9H,1H3,(H,20,22)(H3,19,21,23)/t9-/m0/s1. The van der Waals surface area contributed by atoms with Crippen LogP contribution in [0.3, 0.4) is 0 Å². The first-order chi connectivity index (χ1) is 10.9. The number of nitrogens with two attached hydrogens (primary N) is 1. The maximum Gasteiger partial charge on any atom is 0.316 e. The van der Waals surface area contributed by atoms with Crippen molar-refractivity contribution in [2.75, 3.05) is 5.32 Å². The zero-order chi connectivity index (χ0) is 17.0. The molecule has 2 rings (SSSR count). The van der Waals surface area contributed by atoms with Crippen LogP contribution in [0.15, 0.2) is 42.5 Å². The number of benzene rings is 2. The van der Waals surface area contributed by atoms with Crippen LogP contribution >= 0.6 is 0 Å². The number of rotatable bonds is 4. The highest BCUT2D eigenvalue weighted by Gasteiger charge is 2.13. The molecule has 0 saturated carbocycles. The van der Waals surface area contributed by atoms with E-state index in [1.54, 1.807) is 6.92 Å². The number of anilines is 1. The summed E-state index contributed by atoms with van der Waals surface area (Å²) in [6, 6.07) is 8.34. The van der Waals surface area contributed by atoms with E-state index in [1.165, 1.54) is 30.3 Å². The monoisotopic (exact) mass is 319 g/mol. The largest absolute Gasteiger partial charge is 0.351 e. The van der Waals surface area contributed by atoms with Gasteiger partial charge in [0, 0.05) is 11.3 Å². The number of halogens is 2. The molecule has 0 unspecified atom stereocenters. The fraction of sp³-hybridized carbons (Fsp3) is 0.125. The molecular formula is C16H15F2N3O2. The zero-order valence-corrected chi connectivity index (χ0v) is 12.3. The zero-order valence-electron chi connectivity index (χ0n) is 12.3. The molecule has 0 fully saturated rings. The molecule has 2 aromatic rings. The number of hydrogen-bond acceptors (Lipinski definition) is 2.